The molecule has 0 aromatic heterocycles. The predicted octanol–water partition coefficient (Wildman–Crippen LogP) is 3.28. The zero-order valence-electron chi connectivity index (χ0n) is 14.7. The maximum atomic E-state index is 16.5. The highest BCUT2D eigenvalue weighted by Gasteiger charge is 2.68. The lowest BCUT2D eigenvalue weighted by atomic mass is 9.72. The predicted molar refractivity (Wildman–Crippen MR) is 95.3 cm³/mol. The average molecular weight is 427 g/mol. The molecule has 0 unspecified atom stereocenters. The van der Waals surface area contributed by atoms with Gasteiger partial charge in [-0.3, -0.25) is 0 Å². The first-order valence-electron chi connectivity index (χ1n) is 8.09. The third kappa shape index (κ3) is 3.17. The van der Waals surface area contributed by atoms with Crippen molar-refractivity contribution >= 4 is 21.9 Å². The summed E-state index contributed by atoms with van der Waals surface area (Å²) >= 11 is 3.31. The molecule has 1 aliphatic rings. The van der Waals surface area contributed by atoms with Crippen LogP contribution >= 0.6 is 15.9 Å². The number of hydrogen-bond acceptors (Lipinski definition) is 6. The molecule has 6 nitrogen and oxygen atoms in total. The van der Waals surface area contributed by atoms with Crippen LogP contribution in [0.15, 0.2) is 40.2 Å². The fourth-order valence-corrected chi connectivity index (χ4v) is 3.33. The van der Waals surface area contributed by atoms with Gasteiger partial charge in [0.25, 0.3) is 11.5 Å². The number of ether oxygens (including phenoxy) is 3. The molecule has 0 saturated carbocycles. The number of carbonyl (C=O) groups excluding carboxylic acids is 1. The second kappa shape index (κ2) is 7.64. The number of allylic oxidation sites excluding steroid dienone is 1. The van der Waals surface area contributed by atoms with Crippen molar-refractivity contribution < 1.29 is 23.4 Å². The minimum Gasteiger partial charge on any atom is -0.463 e. The van der Waals surface area contributed by atoms with E-state index in [4.69, 9.17) is 19.9 Å². The minimum absolute atomic E-state index is 0.0408. The number of nitrogens with zero attached hydrogens (tertiary/aromatic N) is 1. The number of rotatable bonds is 5. The molecule has 3 atom stereocenters. The molecule has 0 fully saturated rings. The molecule has 0 radical (unpaired) electrons. The first-order valence-corrected chi connectivity index (χ1v) is 8.88. The highest BCUT2D eigenvalue weighted by Crippen LogP contribution is 2.51. The van der Waals surface area contributed by atoms with E-state index in [1.54, 1.807) is 38.1 Å². The van der Waals surface area contributed by atoms with Gasteiger partial charge >= 0.3 is 5.97 Å². The lowest BCUT2D eigenvalue weighted by Crippen LogP contribution is -2.64. The highest BCUT2D eigenvalue weighted by molar-refractivity contribution is 9.10. The Balaban J connectivity index is 2.77. The highest BCUT2D eigenvalue weighted by atomic mass is 79.9. The Labute approximate surface area is 159 Å². The molecule has 0 aliphatic carbocycles. The van der Waals surface area contributed by atoms with Gasteiger partial charge in [0.2, 0.25) is 5.88 Å². The van der Waals surface area contributed by atoms with Gasteiger partial charge in [-0.25, -0.2) is 9.18 Å². The van der Waals surface area contributed by atoms with Crippen molar-refractivity contribution in [2.75, 3.05) is 13.2 Å². The van der Waals surface area contributed by atoms with Crippen LogP contribution in [0.25, 0.3) is 0 Å². The zero-order valence-corrected chi connectivity index (χ0v) is 16.3. The van der Waals surface area contributed by atoms with E-state index in [-0.39, 0.29) is 24.7 Å². The van der Waals surface area contributed by atoms with Crippen LogP contribution in [0.2, 0.25) is 0 Å². The van der Waals surface area contributed by atoms with Crippen molar-refractivity contribution in [3.8, 4) is 6.07 Å². The second-order valence-corrected chi connectivity index (χ2v) is 6.70. The third-order valence-electron chi connectivity index (χ3n) is 4.23. The lowest BCUT2D eigenvalue weighted by molar-refractivity contribution is -0.285. The number of esters is 1. The van der Waals surface area contributed by atoms with Gasteiger partial charge < -0.3 is 19.9 Å². The standard InChI is InChI=1S/C18H20BrFN2O4/c1-4-24-16(23)18(20)14(11-6-8-12(19)9-7-11)13(10-21)15(22)26-17(18,3)25-5-2/h6-9,14H,4-5,22H2,1-3H3/t14-,17-,18+/m1/s1. The van der Waals surface area contributed by atoms with Crippen molar-refractivity contribution in [2.45, 2.75) is 38.1 Å². The van der Waals surface area contributed by atoms with Crippen molar-refractivity contribution in [1.29, 1.82) is 5.26 Å². The molecule has 1 heterocycles. The Bertz CT molecular complexity index is 761. The van der Waals surface area contributed by atoms with Crippen LogP contribution in [0.5, 0.6) is 0 Å². The number of nitrogens with two attached hydrogens (primary N) is 1. The van der Waals surface area contributed by atoms with E-state index in [1.807, 2.05) is 6.07 Å². The summed E-state index contributed by atoms with van der Waals surface area (Å²) in [5.41, 5.74) is 3.23. The first kappa shape index (κ1) is 20.2. The maximum absolute atomic E-state index is 16.5. The molecular formula is C18H20BrFN2O4. The number of alkyl halides is 1. The topological polar surface area (TPSA) is 94.6 Å². The lowest BCUT2D eigenvalue weighted by Gasteiger charge is -2.47. The van der Waals surface area contributed by atoms with E-state index in [2.05, 4.69) is 15.9 Å². The van der Waals surface area contributed by atoms with Gasteiger partial charge in [0.1, 0.15) is 11.6 Å². The Hall–Kier alpha value is -2.11. The number of carbonyl (C=O) groups is 1. The molecule has 0 amide bonds. The summed E-state index contributed by atoms with van der Waals surface area (Å²) < 4.78 is 33.1. The Morgan fingerprint density at radius 2 is 2.00 bits per heavy atom. The summed E-state index contributed by atoms with van der Waals surface area (Å²) in [6.45, 7) is 4.49. The molecule has 2 N–H and O–H groups in total. The van der Waals surface area contributed by atoms with Gasteiger partial charge in [0.05, 0.1) is 12.5 Å². The van der Waals surface area contributed by atoms with Gasteiger partial charge in [-0.2, -0.15) is 5.26 Å². The maximum Gasteiger partial charge on any atom is 0.351 e. The first-order chi connectivity index (χ1) is 12.2. The monoisotopic (exact) mass is 426 g/mol. The van der Waals surface area contributed by atoms with Crippen LogP contribution in [-0.4, -0.2) is 30.6 Å². The molecule has 1 aliphatic heterocycles. The van der Waals surface area contributed by atoms with Crippen LogP contribution < -0.4 is 5.73 Å². The van der Waals surface area contributed by atoms with Gasteiger partial charge in [-0.05, 0) is 31.5 Å². The largest absolute Gasteiger partial charge is 0.463 e. The van der Waals surface area contributed by atoms with E-state index < -0.39 is 23.3 Å². The summed E-state index contributed by atoms with van der Waals surface area (Å²) in [7, 11) is 0. The molecule has 8 heteroatoms. The number of nitriles is 1. The zero-order chi connectivity index (χ0) is 19.5. The van der Waals surface area contributed by atoms with E-state index in [0.29, 0.717) is 5.56 Å². The van der Waals surface area contributed by atoms with Crippen LogP contribution in [0.1, 0.15) is 32.3 Å². The van der Waals surface area contributed by atoms with Crippen LogP contribution in [-0.2, 0) is 19.0 Å². The van der Waals surface area contributed by atoms with Crippen molar-refractivity contribution in [1.82, 2.24) is 0 Å². The number of halogens is 2. The Kier molecular flexibility index (Phi) is 5.94. The molecule has 0 spiro atoms. The van der Waals surface area contributed by atoms with Crippen molar-refractivity contribution in [2.24, 2.45) is 5.73 Å². The minimum atomic E-state index is -2.82. The molecule has 1 aromatic carbocycles. The summed E-state index contributed by atoms with van der Waals surface area (Å²) in [6.07, 6.45) is 0. The smallest absolute Gasteiger partial charge is 0.351 e. The normalized spacial score (nSPS) is 28.2. The molecule has 140 valence electrons. The molecule has 26 heavy (non-hydrogen) atoms. The summed E-state index contributed by atoms with van der Waals surface area (Å²) in [5.74, 6) is -4.86. The summed E-state index contributed by atoms with van der Waals surface area (Å²) in [5, 5.41) is 9.56. The molecule has 2 rings (SSSR count). The van der Waals surface area contributed by atoms with E-state index in [9.17, 15) is 10.1 Å². The second-order valence-electron chi connectivity index (χ2n) is 5.79. The number of benzene rings is 1. The average Bonchev–Trinajstić information content (AvgIpc) is 2.59. The van der Waals surface area contributed by atoms with Crippen molar-refractivity contribution in [3.05, 3.63) is 45.8 Å². The Morgan fingerprint density at radius 3 is 2.50 bits per heavy atom. The number of hydrogen-bond donors (Lipinski definition) is 1. The molecule has 1 aromatic rings. The van der Waals surface area contributed by atoms with E-state index in [0.717, 1.165) is 4.47 Å². The molecule has 0 saturated heterocycles. The van der Waals surface area contributed by atoms with Crippen LogP contribution in [0.4, 0.5) is 4.39 Å². The van der Waals surface area contributed by atoms with Gasteiger partial charge in [-0.1, -0.05) is 28.1 Å². The quantitative estimate of drug-likeness (QED) is 0.725. The van der Waals surface area contributed by atoms with Crippen molar-refractivity contribution in [3.63, 3.8) is 0 Å². The van der Waals surface area contributed by atoms with Gasteiger partial charge in [0, 0.05) is 18.0 Å². The molecule has 0 bridgehead atoms. The van der Waals surface area contributed by atoms with Crippen LogP contribution in [0.3, 0.4) is 0 Å². The fraction of sp³-hybridized carbons (Fsp3) is 0.444. The van der Waals surface area contributed by atoms with Crippen LogP contribution in [0, 0.1) is 11.3 Å². The van der Waals surface area contributed by atoms with Gasteiger partial charge in [-0.15, -0.1) is 0 Å². The molecular weight excluding hydrogens is 407 g/mol. The Morgan fingerprint density at radius 1 is 1.38 bits per heavy atom. The SMILES string of the molecule is CCOC(=O)[C@@]1(F)[C@H](c2ccc(Br)cc2)C(C#N)=C(N)O[C@@]1(C)OCC. The summed E-state index contributed by atoms with van der Waals surface area (Å²) in [4.78, 5) is 12.7. The summed E-state index contributed by atoms with van der Waals surface area (Å²) in [6, 6.07) is 8.43. The third-order valence-corrected chi connectivity index (χ3v) is 4.76. The van der Waals surface area contributed by atoms with Gasteiger partial charge in [0.15, 0.2) is 0 Å². The fourth-order valence-electron chi connectivity index (χ4n) is 3.06. The van der Waals surface area contributed by atoms with E-state index >= 15 is 4.39 Å². The van der Waals surface area contributed by atoms with E-state index in [1.165, 1.54) is 6.92 Å².